The Hall–Kier alpha value is -1.35. The number of benzene rings is 1. The van der Waals surface area contributed by atoms with Crippen LogP contribution in [0.4, 0.5) is 0 Å². The van der Waals surface area contributed by atoms with Crippen molar-refractivity contribution in [3.8, 4) is 0 Å². The summed E-state index contributed by atoms with van der Waals surface area (Å²) in [7, 11) is 1.55. The number of nitrogens with one attached hydrogen (secondary N) is 1. The lowest BCUT2D eigenvalue weighted by Gasteiger charge is -2.00. The van der Waals surface area contributed by atoms with Gasteiger partial charge in [-0.05, 0) is 24.3 Å². The minimum Gasteiger partial charge on any atom is -0.359 e. The van der Waals surface area contributed by atoms with E-state index in [1.165, 1.54) is 0 Å². The Morgan fingerprint density at radius 3 is 2.33 bits per heavy atom. The molecule has 0 spiro atoms. The highest BCUT2D eigenvalue weighted by atomic mass is 35.5. The monoisotopic (exact) mass is 225 g/mol. The van der Waals surface area contributed by atoms with Crippen molar-refractivity contribution in [3.63, 3.8) is 0 Å². The molecule has 1 amide bonds. The Labute approximate surface area is 93.4 Å². The van der Waals surface area contributed by atoms with Crippen molar-refractivity contribution in [2.24, 2.45) is 0 Å². The summed E-state index contributed by atoms with van der Waals surface area (Å²) in [5.74, 6) is -0.174. The van der Waals surface area contributed by atoms with Gasteiger partial charge in [-0.15, -0.1) is 0 Å². The van der Waals surface area contributed by atoms with Gasteiger partial charge in [0.2, 0.25) is 5.91 Å². The molecule has 1 rings (SSSR count). The van der Waals surface area contributed by atoms with Crippen LogP contribution >= 0.6 is 11.6 Å². The second-order valence-electron chi connectivity index (χ2n) is 3.10. The molecule has 1 N–H and O–H groups in total. The van der Waals surface area contributed by atoms with Gasteiger partial charge in [0.05, 0.1) is 0 Å². The van der Waals surface area contributed by atoms with Crippen molar-refractivity contribution in [3.05, 3.63) is 34.9 Å². The van der Waals surface area contributed by atoms with Crippen molar-refractivity contribution in [2.45, 2.75) is 12.8 Å². The van der Waals surface area contributed by atoms with E-state index in [-0.39, 0.29) is 24.5 Å². The van der Waals surface area contributed by atoms with Crippen molar-refractivity contribution < 1.29 is 9.59 Å². The highest BCUT2D eigenvalue weighted by Crippen LogP contribution is 2.11. The molecule has 0 atom stereocenters. The van der Waals surface area contributed by atoms with Gasteiger partial charge in [-0.1, -0.05) is 11.6 Å². The molecule has 3 nitrogen and oxygen atoms in total. The highest BCUT2D eigenvalue weighted by molar-refractivity contribution is 6.30. The van der Waals surface area contributed by atoms with Crippen LogP contribution < -0.4 is 5.32 Å². The maximum Gasteiger partial charge on any atom is 0.220 e. The molecular weight excluding hydrogens is 214 g/mol. The summed E-state index contributed by atoms with van der Waals surface area (Å²) in [4.78, 5) is 22.5. The fourth-order valence-electron chi connectivity index (χ4n) is 1.13. The van der Waals surface area contributed by atoms with Gasteiger partial charge in [0.15, 0.2) is 5.78 Å². The fraction of sp³-hybridized carbons (Fsp3) is 0.273. The van der Waals surface area contributed by atoms with Gasteiger partial charge in [-0.2, -0.15) is 0 Å². The normalized spacial score (nSPS) is 9.73. The smallest absolute Gasteiger partial charge is 0.220 e. The predicted octanol–water partition coefficient (Wildman–Crippen LogP) is 2.05. The number of carbonyl (C=O) groups excluding carboxylic acids is 2. The molecule has 0 saturated heterocycles. The van der Waals surface area contributed by atoms with Crippen LogP contribution in [0, 0.1) is 0 Å². The Bertz CT molecular complexity index is 359. The standard InChI is InChI=1S/C11H12ClNO2/c1-13-11(15)7-6-10(14)8-2-4-9(12)5-3-8/h2-5H,6-7H2,1H3,(H,13,15). The molecule has 1 aromatic rings. The van der Waals surface area contributed by atoms with Crippen LogP contribution in [0.2, 0.25) is 5.02 Å². The Morgan fingerprint density at radius 1 is 1.20 bits per heavy atom. The van der Waals surface area contributed by atoms with E-state index in [2.05, 4.69) is 5.32 Å². The molecule has 0 aliphatic heterocycles. The number of ketones is 1. The van der Waals surface area contributed by atoms with Crippen LogP contribution in [0.3, 0.4) is 0 Å². The summed E-state index contributed by atoms with van der Waals surface area (Å²) in [6.07, 6.45) is 0.444. The van der Waals surface area contributed by atoms with Crippen LogP contribution in [-0.4, -0.2) is 18.7 Å². The molecule has 0 bridgehead atoms. The Kier molecular flexibility index (Phi) is 4.31. The maximum absolute atomic E-state index is 11.6. The molecule has 0 saturated carbocycles. The predicted molar refractivity (Wildman–Crippen MR) is 59.1 cm³/mol. The van der Waals surface area contributed by atoms with Crippen molar-refractivity contribution >= 4 is 23.3 Å². The van der Waals surface area contributed by atoms with Crippen LogP contribution in [-0.2, 0) is 4.79 Å². The van der Waals surface area contributed by atoms with E-state index in [1.807, 2.05) is 0 Å². The molecule has 0 aromatic heterocycles. The molecule has 0 fully saturated rings. The molecule has 4 heteroatoms. The van der Waals surface area contributed by atoms with Crippen molar-refractivity contribution in [1.82, 2.24) is 5.32 Å². The maximum atomic E-state index is 11.6. The van der Waals surface area contributed by atoms with E-state index < -0.39 is 0 Å². The second-order valence-corrected chi connectivity index (χ2v) is 3.54. The lowest BCUT2D eigenvalue weighted by Crippen LogP contribution is -2.18. The lowest BCUT2D eigenvalue weighted by molar-refractivity contribution is -0.120. The molecule has 0 unspecified atom stereocenters. The minimum absolute atomic E-state index is 0.0460. The summed E-state index contributed by atoms with van der Waals surface area (Å²) in [6.45, 7) is 0. The summed E-state index contributed by atoms with van der Waals surface area (Å²) < 4.78 is 0. The van der Waals surface area contributed by atoms with Crippen LogP contribution in [0.5, 0.6) is 0 Å². The van der Waals surface area contributed by atoms with Gasteiger partial charge >= 0.3 is 0 Å². The van der Waals surface area contributed by atoms with E-state index >= 15 is 0 Å². The van der Waals surface area contributed by atoms with Gasteiger partial charge in [-0.3, -0.25) is 9.59 Å². The van der Waals surface area contributed by atoms with Gasteiger partial charge in [0, 0.05) is 30.5 Å². The lowest BCUT2D eigenvalue weighted by atomic mass is 10.1. The number of hydrogen-bond donors (Lipinski definition) is 1. The van der Waals surface area contributed by atoms with Crippen LogP contribution in [0.25, 0.3) is 0 Å². The summed E-state index contributed by atoms with van der Waals surface area (Å²) in [6, 6.07) is 6.65. The zero-order chi connectivity index (χ0) is 11.3. The van der Waals surface area contributed by atoms with Gasteiger partial charge in [-0.25, -0.2) is 0 Å². The van der Waals surface area contributed by atoms with E-state index in [4.69, 9.17) is 11.6 Å². The molecule has 0 aliphatic rings. The zero-order valence-electron chi connectivity index (χ0n) is 8.42. The molecule has 1 aromatic carbocycles. The zero-order valence-corrected chi connectivity index (χ0v) is 9.17. The molecule has 0 radical (unpaired) electrons. The molecule has 0 heterocycles. The molecule has 0 aliphatic carbocycles. The molecule has 15 heavy (non-hydrogen) atoms. The van der Waals surface area contributed by atoms with Gasteiger partial charge in [0.1, 0.15) is 0 Å². The summed E-state index contributed by atoms with van der Waals surface area (Å²) >= 11 is 5.69. The van der Waals surface area contributed by atoms with Gasteiger partial charge < -0.3 is 5.32 Å². The number of rotatable bonds is 4. The minimum atomic E-state index is -0.127. The third-order valence-electron chi connectivity index (χ3n) is 2.02. The number of hydrogen-bond acceptors (Lipinski definition) is 2. The molecular formula is C11H12ClNO2. The van der Waals surface area contributed by atoms with E-state index in [9.17, 15) is 9.59 Å². The number of halogens is 1. The third kappa shape index (κ3) is 3.72. The van der Waals surface area contributed by atoms with E-state index in [0.717, 1.165) is 0 Å². The highest BCUT2D eigenvalue weighted by Gasteiger charge is 2.07. The number of Topliss-reactive ketones (excluding diaryl/α,β-unsaturated/α-hetero) is 1. The Balaban J connectivity index is 2.54. The Morgan fingerprint density at radius 2 is 1.80 bits per heavy atom. The van der Waals surface area contributed by atoms with E-state index in [1.54, 1.807) is 31.3 Å². The first kappa shape index (κ1) is 11.7. The first-order valence-corrected chi connectivity index (χ1v) is 5.00. The number of amides is 1. The summed E-state index contributed by atoms with van der Waals surface area (Å²) in [5, 5.41) is 3.06. The first-order valence-electron chi connectivity index (χ1n) is 4.63. The fourth-order valence-corrected chi connectivity index (χ4v) is 1.26. The average molecular weight is 226 g/mol. The third-order valence-corrected chi connectivity index (χ3v) is 2.28. The summed E-state index contributed by atoms with van der Waals surface area (Å²) in [5.41, 5.74) is 0.586. The average Bonchev–Trinajstić information content (AvgIpc) is 2.26. The van der Waals surface area contributed by atoms with E-state index in [0.29, 0.717) is 10.6 Å². The van der Waals surface area contributed by atoms with Crippen LogP contribution in [0.1, 0.15) is 23.2 Å². The first-order chi connectivity index (χ1) is 7.13. The van der Waals surface area contributed by atoms with Crippen LogP contribution in [0.15, 0.2) is 24.3 Å². The van der Waals surface area contributed by atoms with Crippen molar-refractivity contribution in [1.29, 1.82) is 0 Å². The number of carbonyl (C=O) groups is 2. The largest absolute Gasteiger partial charge is 0.359 e. The molecule has 80 valence electrons. The van der Waals surface area contributed by atoms with Gasteiger partial charge in [0.25, 0.3) is 0 Å². The quantitative estimate of drug-likeness (QED) is 0.798. The second kappa shape index (κ2) is 5.51. The topological polar surface area (TPSA) is 46.2 Å². The van der Waals surface area contributed by atoms with Crippen molar-refractivity contribution in [2.75, 3.05) is 7.05 Å². The SMILES string of the molecule is CNC(=O)CCC(=O)c1ccc(Cl)cc1.